The van der Waals surface area contributed by atoms with Gasteiger partial charge in [0.25, 0.3) is 0 Å². The van der Waals surface area contributed by atoms with Crippen LogP contribution in [0.5, 0.6) is 5.75 Å². The fourth-order valence-corrected chi connectivity index (χ4v) is 1.94. The summed E-state index contributed by atoms with van der Waals surface area (Å²) in [6, 6.07) is 4.33. The molecule has 0 saturated heterocycles. The normalized spacial score (nSPS) is 10.3. The predicted molar refractivity (Wildman–Crippen MR) is 76.5 cm³/mol. The van der Waals surface area contributed by atoms with Crippen LogP contribution in [0.15, 0.2) is 24.4 Å². The standard InChI is InChI=1S/C14H15N3O5/c1-21-13(19)8-3-4-9(11(18)5-8)7-17-12(14(20)22-2)10(15)6-16-17/h3-6,18H,7,15H2,1-2H3. The van der Waals surface area contributed by atoms with Crippen molar-refractivity contribution in [2.24, 2.45) is 0 Å². The van der Waals surface area contributed by atoms with E-state index < -0.39 is 11.9 Å². The first kappa shape index (κ1) is 15.4. The second-order valence-corrected chi connectivity index (χ2v) is 4.43. The fraction of sp³-hybridized carbons (Fsp3) is 0.214. The summed E-state index contributed by atoms with van der Waals surface area (Å²) in [6.07, 6.45) is 1.33. The fourth-order valence-electron chi connectivity index (χ4n) is 1.94. The third kappa shape index (κ3) is 2.85. The smallest absolute Gasteiger partial charge is 0.358 e. The Kier molecular flexibility index (Phi) is 4.31. The molecule has 22 heavy (non-hydrogen) atoms. The number of methoxy groups -OCH3 is 2. The van der Waals surface area contributed by atoms with Crippen LogP contribution in [0.4, 0.5) is 5.69 Å². The van der Waals surface area contributed by atoms with Crippen LogP contribution in [-0.4, -0.2) is 41.0 Å². The largest absolute Gasteiger partial charge is 0.508 e. The van der Waals surface area contributed by atoms with Crippen molar-refractivity contribution in [1.29, 1.82) is 0 Å². The van der Waals surface area contributed by atoms with Gasteiger partial charge >= 0.3 is 11.9 Å². The highest BCUT2D eigenvalue weighted by atomic mass is 16.5. The van der Waals surface area contributed by atoms with E-state index in [0.717, 1.165) is 0 Å². The molecule has 0 unspecified atom stereocenters. The molecule has 8 heteroatoms. The molecule has 0 bridgehead atoms. The van der Waals surface area contributed by atoms with Crippen LogP contribution < -0.4 is 5.73 Å². The summed E-state index contributed by atoms with van der Waals surface area (Å²) in [5.74, 6) is -1.30. The molecule has 2 aromatic rings. The molecule has 3 N–H and O–H groups in total. The molecule has 0 fully saturated rings. The van der Waals surface area contributed by atoms with E-state index in [9.17, 15) is 14.7 Å². The molecule has 0 radical (unpaired) electrons. The second kappa shape index (κ2) is 6.17. The zero-order chi connectivity index (χ0) is 16.3. The van der Waals surface area contributed by atoms with Gasteiger partial charge in [0.15, 0.2) is 5.69 Å². The minimum atomic E-state index is -0.624. The molecular weight excluding hydrogens is 290 g/mol. The van der Waals surface area contributed by atoms with Gasteiger partial charge in [-0.25, -0.2) is 9.59 Å². The highest BCUT2D eigenvalue weighted by Crippen LogP contribution is 2.22. The maximum atomic E-state index is 11.7. The zero-order valence-electron chi connectivity index (χ0n) is 12.1. The molecule has 0 saturated carbocycles. The van der Waals surface area contributed by atoms with Crippen molar-refractivity contribution in [1.82, 2.24) is 9.78 Å². The summed E-state index contributed by atoms with van der Waals surface area (Å²) in [7, 11) is 2.49. The average molecular weight is 305 g/mol. The van der Waals surface area contributed by atoms with E-state index in [-0.39, 0.29) is 29.2 Å². The van der Waals surface area contributed by atoms with Crippen LogP contribution in [0.1, 0.15) is 26.4 Å². The SMILES string of the molecule is COC(=O)c1ccc(Cn2ncc(N)c2C(=O)OC)c(O)c1. The van der Waals surface area contributed by atoms with Gasteiger partial charge in [0.05, 0.1) is 38.2 Å². The van der Waals surface area contributed by atoms with Crippen molar-refractivity contribution in [2.75, 3.05) is 20.0 Å². The van der Waals surface area contributed by atoms with Gasteiger partial charge in [-0.2, -0.15) is 5.10 Å². The summed E-state index contributed by atoms with van der Waals surface area (Å²) in [5, 5.41) is 14.0. The number of carbonyl (C=O) groups excluding carboxylic acids is 2. The number of nitrogen functional groups attached to an aromatic ring is 1. The van der Waals surface area contributed by atoms with Gasteiger partial charge in [-0.05, 0) is 12.1 Å². The van der Waals surface area contributed by atoms with Crippen molar-refractivity contribution < 1.29 is 24.2 Å². The van der Waals surface area contributed by atoms with E-state index in [1.165, 1.54) is 37.2 Å². The highest BCUT2D eigenvalue weighted by molar-refractivity contribution is 5.93. The lowest BCUT2D eigenvalue weighted by Crippen LogP contribution is -2.14. The van der Waals surface area contributed by atoms with Crippen LogP contribution >= 0.6 is 0 Å². The quantitative estimate of drug-likeness (QED) is 0.802. The molecule has 0 atom stereocenters. The lowest BCUT2D eigenvalue weighted by atomic mass is 10.1. The molecule has 2 rings (SSSR count). The highest BCUT2D eigenvalue weighted by Gasteiger charge is 2.19. The predicted octanol–water partition coefficient (Wildman–Crippen LogP) is 0.792. The van der Waals surface area contributed by atoms with Gasteiger partial charge in [0.2, 0.25) is 0 Å². The molecular formula is C14H15N3O5. The van der Waals surface area contributed by atoms with Crippen LogP contribution in [0.2, 0.25) is 0 Å². The minimum absolute atomic E-state index is 0.0922. The maximum absolute atomic E-state index is 11.7. The van der Waals surface area contributed by atoms with Gasteiger partial charge in [-0.1, -0.05) is 6.07 Å². The number of hydrogen-bond donors (Lipinski definition) is 2. The number of anilines is 1. The number of carbonyl (C=O) groups is 2. The Morgan fingerprint density at radius 2 is 1.95 bits per heavy atom. The molecule has 1 aromatic heterocycles. The van der Waals surface area contributed by atoms with Gasteiger partial charge < -0.3 is 20.3 Å². The van der Waals surface area contributed by atoms with E-state index in [2.05, 4.69) is 14.6 Å². The number of rotatable bonds is 4. The van der Waals surface area contributed by atoms with Crippen molar-refractivity contribution >= 4 is 17.6 Å². The number of ether oxygens (including phenoxy) is 2. The lowest BCUT2D eigenvalue weighted by molar-refractivity contribution is 0.0584. The molecule has 0 aliphatic rings. The zero-order valence-corrected chi connectivity index (χ0v) is 12.1. The number of nitrogens with zero attached hydrogens (tertiary/aromatic N) is 2. The summed E-state index contributed by atoms with van der Waals surface area (Å²) < 4.78 is 10.5. The van der Waals surface area contributed by atoms with Crippen molar-refractivity contribution in [3.63, 3.8) is 0 Å². The molecule has 1 heterocycles. The average Bonchev–Trinajstić information content (AvgIpc) is 2.88. The lowest BCUT2D eigenvalue weighted by Gasteiger charge is -2.09. The number of benzene rings is 1. The maximum Gasteiger partial charge on any atom is 0.358 e. The van der Waals surface area contributed by atoms with E-state index in [0.29, 0.717) is 5.56 Å². The summed E-state index contributed by atoms with van der Waals surface area (Å²) in [4.78, 5) is 23.1. The third-order valence-electron chi connectivity index (χ3n) is 3.07. The Morgan fingerprint density at radius 3 is 2.55 bits per heavy atom. The van der Waals surface area contributed by atoms with Crippen LogP contribution in [0.3, 0.4) is 0 Å². The number of nitrogens with two attached hydrogens (primary N) is 1. The minimum Gasteiger partial charge on any atom is -0.508 e. The molecule has 0 aliphatic heterocycles. The monoisotopic (exact) mass is 305 g/mol. The van der Waals surface area contributed by atoms with Gasteiger partial charge in [0.1, 0.15) is 5.75 Å². The Bertz CT molecular complexity index is 723. The molecule has 0 spiro atoms. The number of phenolic OH excluding ortho intramolecular Hbond substituents is 1. The first-order valence-corrected chi connectivity index (χ1v) is 6.27. The number of aromatic nitrogens is 2. The van der Waals surface area contributed by atoms with E-state index in [1.807, 2.05) is 0 Å². The van der Waals surface area contributed by atoms with Crippen molar-refractivity contribution in [2.45, 2.75) is 6.54 Å². The van der Waals surface area contributed by atoms with Gasteiger partial charge in [-0.3, -0.25) is 4.68 Å². The molecule has 0 aliphatic carbocycles. The summed E-state index contributed by atoms with van der Waals surface area (Å²) >= 11 is 0. The Labute approximate surface area is 126 Å². The van der Waals surface area contributed by atoms with Crippen molar-refractivity contribution in [3.05, 3.63) is 41.2 Å². The molecule has 116 valence electrons. The van der Waals surface area contributed by atoms with Crippen LogP contribution in [0, 0.1) is 0 Å². The van der Waals surface area contributed by atoms with E-state index in [4.69, 9.17) is 5.73 Å². The number of aromatic hydroxyl groups is 1. The van der Waals surface area contributed by atoms with Crippen LogP contribution in [0.25, 0.3) is 0 Å². The molecule has 0 amide bonds. The first-order chi connectivity index (χ1) is 10.5. The van der Waals surface area contributed by atoms with Crippen LogP contribution in [-0.2, 0) is 16.0 Å². The molecule has 1 aromatic carbocycles. The van der Waals surface area contributed by atoms with Gasteiger partial charge in [-0.15, -0.1) is 0 Å². The first-order valence-electron chi connectivity index (χ1n) is 6.27. The second-order valence-electron chi connectivity index (χ2n) is 4.43. The number of esters is 2. The molecule has 8 nitrogen and oxygen atoms in total. The Hall–Kier alpha value is -3.03. The number of hydrogen-bond acceptors (Lipinski definition) is 7. The topological polar surface area (TPSA) is 117 Å². The summed E-state index contributed by atoms with van der Waals surface area (Å²) in [5.41, 5.74) is 6.64. The Balaban J connectivity index is 2.32. The van der Waals surface area contributed by atoms with E-state index in [1.54, 1.807) is 6.07 Å². The number of phenols is 1. The van der Waals surface area contributed by atoms with E-state index >= 15 is 0 Å². The van der Waals surface area contributed by atoms with Crippen molar-refractivity contribution in [3.8, 4) is 5.75 Å². The van der Waals surface area contributed by atoms with Gasteiger partial charge in [0, 0.05) is 5.56 Å². The summed E-state index contributed by atoms with van der Waals surface area (Å²) in [6.45, 7) is 0.0922. The Morgan fingerprint density at radius 1 is 1.27 bits per heavy atom. The third-order valence-corrected chi connectivity index (χ3v) is 3.07.